The lowest BCUT2D eigenvalue weighted by molar-refractivity contribution is 1.10. The Hall–Kier alpha value is -4.83. The molecule has 4 heteroatoms. The van der Waals surface area contributed by atoms with Gasteiger partial charge in [0, 0.05) is 33.7 Å². The van der Waals surface area contributed by atoms with Gasteiger partial charge in [0.25, 0.3) is 0 Å². The Morgan fingerprint density at radius 3 is 2.03 bits per heavy atom. The van der Waals surface area contributed by atoms with Crippen LogP contribution in [0.1, 0.15) is 0 Å². The molecule has 164 valence electrons. The minimum Gasteiger partial charge on any atom is -0.309 e. The molecule has 8 rings (SSSR count). The normalized spacial score (nSPS) is 12.0. The molecule has 0 amide bonds. The van der Waals surface area contributed by atoms with E-state index in [-0.39, 0.29) is 0 Å². The molecule has 4 aromatic heterocycles. The first-order valence-electron chi connectivity index (χ1n) is 11.8. The van der Waals surface area contributed by atoms with E-state index in [0.717, 1.165) is 33.4 Å². The first-order chi connectivity index (χ1) is 17.4. The van der Waals surface area contributed by atoms with E-state index in [1.54, 1.807) is 0 Å². The molecule has 0 aliphatic heterocycles. The summed E-state index contributed by atoms with van der Waals surface area (Å²) in [6.45, 7) is 0. The first-order valence-corrected chi connectivity index (χ1v) is 11.8. The molecule has 0 aliphatic rings. The second-order valence-electron chi connectivity index (χ2n) is 8.95. The van der Waals surface area contributed by atoms with E-state index >= 15 is 0 Å². The number of hydrogen-bond donors (Lipinski definition) is 0. The number of rotatable bonds is 2. The van der Waals surface area contributed by atoms with Crippen molar-refractivity contribution in [2.24, 2.45) is 0 Å². The molecule has 0 aliphatic carbocycles. The molecular weight excluding hydrogens is 428 g/mol. The molecule has 4 aromatic carbocycles. The minimum absolute atomic E-state index is 0.957. The van der Waals surface area contributed by atoms with Gasteiger partial charge in [-0.15, -0.1) is 0 Å². The van der Waals surface area contributed by atoms with Gasteiger partial charge in [0.1, 0.15) is 11.2 Å². The van der Waals surface area contributed by atoms with Gasteiger partial charge in [0.05, 0.1) is 16.6 Å². The van der Waals surface area contributed by atoms with Crippen LogP contribution in [0.4, 0.5) is 0 Å². The van der Waals surface area contributed by atoms with Crippen LogP contribution in [0.3, 0.4) is 0 Å². The molecule has 0 saturated carbocycles. The summed E-state index contributed by atoms with van der Waals surface area (Å²) in [6.07, 6.45) is 2.10. The highest BCUT2D eigenvalue weighted by Gasteiger charge is 2.19. The van der Waals surface area contributed by atoms with E-state index in [4.69, 9.17) is 4.98 Å². The summed E-state index contributed by atoms with van der Waals surface area (Å²) in [7, 11) is 0. The van der Waals surface area contributed by atoms with Crippen LogP contribution in [0, 0.1) is 0 Å². The summed E-state index contributed by atoms with van der Waals surface area (Å²) < 4.78 is 6.89. The van der Waals surface area contributed by atoms with Gasteiger partial charge >= 0.3 is 0 Å². The number of imidazole rings is 1. The summed E-state index contributed by atoms with van der Waals surface area (Å²) in [5, 5.41) is 3.65. The Bertz CT molecular complexity index is 2050. The van der Waals surface area contributed by atoms with E-state index in [9.17, 15) is 0 Å². The molecule has 0 spiro atoms. The number of fused-ring (bicyclic) bond motifs is 8. The summed E-state index contributed by atoms with van der Waals surface area (Å²) >= 11 is 0. The molecule has 0 bridgehead atoms. The van der Waals surface area contributed by atoms with E-state index in [2.05, 4.69) is 129 Å². The highest BCUT2D eigenvalue weighted by molar-refractivity contribution is 6.11. The summed E-state index contributed by atoms with van der Waals surface area (Å²) in [4.78, 5) is 4.98. The Morgan fingerprint density at radius 1 is 0.486 bits per heavy atom. The Balaban J connectivity index is 1.51. The molecule has 8 aromatic rings. The third kappa shape index (κ3) is 2.48. The van der Waals surface area contributed by atoms with Crippen molar-refractivity contribution in [2.75, 3.05) is 0 Å². The van der Waals surface area contributed by atoms with Gasteiger partial charge in [-0.25, -0.2) is 4.98 Å². The fourth-order valence-corrected chi connectivity index (χ4v) is 5.58. The average molecular weight is 449 g/mol. The van der Waals surface area contributed by atoms with Crippen molar-refractivity contribution in [2.45, 2.75) is 0 Å². The number of aromatic nitrogens is 4. The van der Waals surface area contributed by atoms with Crippen LogP contribution in [0.2, 0.25) is 0 Å². The van der Waals surface area contributed by atoms with Crippen LogP contribution < -0.4 is 0 Å². The third-order valence-corrected chi connectivity index (χ3v) is 7.05. The molecule has 4 heterocycles. The molecule has 0 unspecified atom stereocenters. The van der Waals surface area contributed by atoms with Crippen LogP contribution in [0.15, 0.2) is 121 Å². The van der Waals surface area contributed by atoms with Gasteiger partial charge in [-0.1, -0.05) is 60.7 Å². The Morgan fingerprint density at radius 2 is 1.17 bits per heavy atom. The van der Waals surface area contributed by atoms with E-state index in [1.165, 1.54) is 27.5 Å². The topological polar surface area (TPSA) is 27.2 Å². The molecule has 35 heavy (non-hydrogen) atoms. The largest absolute Gasteiger partial charge is 0.309 e. The zero-order valence-corrected chi connectivity index (χ0v) is 18.8. The maximum Gasteiger partial charge on any atom is 0.150 e. The van der Waals surface area contributed by atoms with Crippen LogP contribution in [-0.2, 0) is 0 Å². The highest BCUT2D eigenvalue weighted by atomic mass is 15.1. The Labute approximate surface area is 200 Å². The van der Waals surface area contributed by atoms with Crippen molar-refractivity contribution < 1.29 is 0 Å². The standard InChI is InChI=1S/C31H20N4/c1-2-10-21(11-3-1)34-26-14-6-4-12-23(26)25-20-22(17-18-28(25)34)35-27-15-7-5-13-24(27)30-31(35)33-19-9-8-16-29(33)32-30/h1-20H. The van der Waals surface area contributed by atoms with Gasteiger partial charge in [0.15, 0.2) is 5.65 Å². The number of nitrogens with zero attached hydrogens (tertiary/aromatic N) is 4. The van der Waals surface area contributed by atoms with Gasteiger partial charge in [-0.3, -0.25) is 8.97 Å². The quantitative estimate of drug-likeness (QED) is 0.269. The molecule has 0 saturated heterocycles. The Kier molecular flexibility index (Phi) is 3.63. The maximum absolute atomic E-state index is 4.98. The lowest BCUT2D eigenvalue weighted by atomic mass is 10.1. The van der Waals surface area contributed by atoms with Crippen LogP contribution >= 0.6 is 0 Å². The van der Waals surface area contributed by atoms with Crippen molar-refractivity contribution in [1.29, 1.82) is 0 Å². The highest BCUT2D eigenvalue weighted by Crippen LogP contribution is 2.36. The summed E-state index contributed by atoms with van der Waals surface area (Å²) in [5.74, 6) is 0. The molecule has 0 atom stereocenters. The third-order valence-electron chi connectivity index (χ3n) is 7.05. The predicted molar refractivity (Wildman–Crippen MR) is 144 cm³/mol. The van der Waals surface area contributed by atoms with Crippen molar-refractivity contribution in [3.05, 3.63) is 121 Å². The van der Waals surface area contributed by atoms with E-state index in [0.29, 0.717) is 0 Å². The summed E-state index contributed by atoms with van der Waals surface area (Å²) in [5.41, 5.74) is 8.95. The number of para-hydroxylation sites is 3. The fourth-order valence-electron chi connectivity index (χ4n) is 5.58. The van der Waals surface area contributed by atoms with Crippen LogP contribution in [-0.4, -0.2) is 18.5 Å². The van der Waals surface area contributed by atoms with Crippen molar-refractivity contribution in [3.63, 3.8) is 0 Å². The van der Waals surface area contributed by atoms with Crippen LogP contribution in [0.5, 0.6) is 0 Å². The predicted octanol–water partition coefficient (Wildman–Crippen LogP) is 7.53. The van der Waals surface area contributed by atoms with Crippen LogP contribution in [0.25, 0.3) is 60.9 Å². The zero-order chi connectivity index (χ0) is 22.9. The van der Waals surface area contributed by atoms with Gasteiger partial charge < -0.3 is 4.57 Å². The second-order valence-corrected chi connectivity index (χ2v) is 8.95. The van der Waals surface area contributed by atoms with Gasteiger partial charge in [-0.05, 0) is 54.6 Å². The number of benzene rings is 4. The lowest BCUT2D eigenvalue weighted by Crippen LogP contribution is -1.98. The van der Waals surface area contributed by atoms with Gasteiger partial charge in [0.2, 0.25) is 0 Å². The molecule has 0 radical (unpaired) electrons. The molecule has 0 fully saturated rings. The smallest absolute Gasteiger partial charge is 0.150 e. The van der Waals surface area contributed by atoms with E-state index < -0.39 is 0 Å². The first kappa shape index (κ1) is 18.6. The molecule has 4 nitrogen and oxygen atoms in total. The van der Waals surface area contributed by atoms with Gasteiger partial charge in [-0.2, -0.15) is 0 Å². The number of hydrogen-bond acceptors (Lipinski definition) is 1. The minimum atomic E-state index is 0.957. The summed E-state index contributed by atoms with van der Waals surface area (Å²) in [6, 6.07) is 40.8. The average Bonchev–Trinajstić information content (AvgIpc) is 3.56. The second kappa shape index (κ2) is 6.84. The fraction of sp³-hybridized carbons (Fsp3) is 0. The molecule has 0 N–H and O–H groups in total. The van der Waals surface area contributed by atoms with Crippen molar-refractivity contribution >= 4 is 49.5 Å². The zero-order valence-electron chi connectivity index (χ0n) is 18.8. The lowest BCUT2D eigenvalue weighted by Gasteiger charge is -2.10. The maximum atomic E-state index is 4.98. The van der Waals surface area contributed by atoms with Crippen molar-refractivity contribution in [1.82, 2.24) is 18.5 Å². The number of pyridine rings is 1. The molecular formula is C31H20N4. The monoisotopic (exact) mass is 448 g/mol. The van der Waals surface area contributed by atoms with Crippen molar-refractivity contribution in [3.8, 4) is 11.4 Å². The SMILES string of the molecule is c1ccc(-n2c3ccccc3c3cc(-n4c5ccccc5c5nc6ccccn6c54)ccc32)cc1. The van der Waals surface area contributed by atoms with E-state index in [1.807, 2.05) is 6.07 Å².